The van der Waals surface area contributed by atoms with E-state index >= 15 is 0 Å². The Morgan fingerprint density at radius 3 is 1.85 bits per heavy atom. The van der Waals surface area contributed by atoms with Crippen LogP contribution in [0.15, 0.2) is 200 Å². The first kappa shape index (κ1) is 33.9. The second-order valence-electron chi connectivity index (χ2n) is 17.2. The molecule has 2 aliphatic rings. The van der Waals surface area contributed by atoms with Gasteiger partial charge in [-0.25, -0.2) is 0 Å². The van der Waals surface area contributed by atoms with E-state index in [0.29, 0.717) is 0 Å². The fraction of sp³-hybridized carbons (Fsp3) is 0.0690. The van der Waals surface area contributed by atoms with Crippen molar-refractivity contribution in [3.63, 3.8) is 0 Å². The van der Waals surface area contributed by atoms with Crippen molar-refractivity contribution >= 4 is 53.3 Å². The zero-order chi connectivity index (χ0) is 39.7. The average molecular weight is 782 g/mol. The fourth-order valence-electron chi connectivity index (χ4n) is 11.2. The second-order valence-corrected chi connectivity index (χ2v) is 18.2. The van der Waals surface area contributed by atoms with Crippen LogP contribution in [-0.4, -0.2) is 4.57 Å². The minimum Gasteiger partial charge on any atom is -0.309 e. The molecular weight excluding hydrogens is 743 g/mol. The fourth-order valence-corrected chi connectivity index (χ4v) is 12.4. The maximum Gasteiger partial charge on any atom is 0.0714 e. The first-order chi connectivity index (χ1) is 29.5. The Balaban J connectivity index is 1.05. The van der Waals surface area contributed by atoms with Gasteiger partial charge in [0.25, 0.3) is 0 Å². The molecule has 0 amide bonds. The molecule has 60 heavy (non-hydrogen) atoms. The normalized spacial score (nSPS) is 16.0. The molecule has 0 spiro atoms. The maximum atomic E-state index is 2.53. The van der Waals surface area contributed by atoms with Crippen molar-refractivity contribution < 1.29 is 0 Å². The van der Waals surface area contributed by atoms with Gasteiger partial charge in [0.05, 0.1) is 16.4 Å². The van der Waals surface area contributed by atoms with Crippen molar-refractivity contribution in [2.24, 2.45) is 0 Å². The lowest BCUT2D eigenvalue weighted by Gasteiger charge is -2.34. The molecule has 13 rings (SSSR count). The highest BCUT2D eigenvalue weighted by Crippen LogP contribution is 2.57. The van der Waals surface area contributed by atoms with Crippen LogP contribution < -0.4 is 0 Å². The van der Waals surface area contributed by atoms with Crippen molar-refractivity contribution in [3.05, 3.63) is 234 Å². The van der Waals surface area contributed by atoms with Crippen molar-refractivity contribution in [1.82, 2.24) is 4.57 Å². The zero-order valence-electron chi connectivity index (χ0n) is 33.4. The van der Waals surface area contributed by atoms with Gasteiger partial charge < -0.3 is 4.57 Å². The Kier molecular flexibility index (Phi) is 6.94. The summed E-state index contributed by atoms with van der Waals surface area (Å²) < 4.78 is 5.20. The van der Waals surface area contributed by atoms with Crippen LogP contribution in [0.1, 0.15) is 47.2 Å². The molecule has 1 atom stereocenters. The number of para-hydroxylation sites is 1. The minimum atomic E-state index is -0.533. The molecule has 2 aromatic heterocycles. The molecule has 0 aliphatic heterocycles. The van der Waals surface area contributed by atoms with E-state index < -0.39 is 5.41 Å². The molecule has 0 bridgehead atoms. The first-order valence-electron chi connectivity index (χ1n) is 21.0. The van der Waals surface area contributed by atoms with Crippen LogP contribution in [0.3, 0.4) is 0 Å². The van der Waals surface area contributed by atoms with E-state index in [1.54, 1.807) is 0 Å². The predicted octanol–water partition coefficient (Wildman–Crippen LogP) is 15.5. The van der Waals surface area contributed by atoms with Gasteiger partial charge in [-0.05, 0) is 103 Å². The van der Waals surface area contributed by atoms with Gasteiger partial charge in [-0.1, -0.05) is 178 Å². The largest absolute Gasteiger partial charge is 0.309 e. The summed E-state index contributed by atoms with van der Waals surface area (Å²) in [5, 5.41) is 5.22. The number of aromatic nitrogens is 1. The predicted molar refractivity (Wildman–Crippen MR) is 254 cm³/mol. The third-order valence-corrected chi connectivity index (χ3v) is 15.1. The molecule has 1 unspecified atom stereocenters. The van der Waals surface area contributed by atoms with Crippen LogP contribution >= 0.6 is 11.3 Å². The van der Waals surface area contributed by atoms with E-state index in [0.717, 1.165) is 0 Å². The number of hydrogen-bond acceptors (Lipinski definition) is 1. The quantitative estimate of drug-likeness (QED) is 0.168. The summed E-state index contributed by atoms with van der Waals surface area (Å²) in [6.45, 7) is 4.76. The summed E-state index contributed by atoms with van der Waals surface area (Å²) in [7, 11) is 0. The molecule has 0 saturated carbocycles. The van der Waals surface area contributed by atoms with Crippen LogP contribution in [0.2, 0.25) is 0 Å². The number of thiophene rings is 1. The van der Waals surface area contributed by atoms with Crippen molar-refractivity contribution in [3.8, 4) is 39.1 Å². The summed E-state index contributed by atoms with van der Waals surface area (Å²) in [6, 6.07) is 75.5. The van der Waals surface area contributed by atoms with Crippen molar-refractivity contribution in [2.45, 2.75) is 24.7 Å². The molecule has 2 heteroatoms. The summed E-state index contributed by atoms with van der Waals surface area (Å²) >= 11 is 1.89. The highest BCUT2D eigenvalue weighted by atomic mass is 32.1. The van der Waals surface area contributed by atoms with Gasteiger partial charge >= 0.3 is 0 Å². The summed E-state index contributed by atoms with van der Waals surface area (Å²) in [5.74, 6) is 0. The van der Waals surface area contributed by atoms with Gasteiger partial charge in [-0.3, -0.25) is 0 Å². The minimum absolute atomic E-state index is 0.0991. The molecule has 0 N–H and O–H groups in total. The van der Waals surface area contributed by atoms with Gasteiger partial charge in [0.2, 0.25) is 0 Å². The van der Waals surface area contributed by atoms with Gasteiger partial charge in [0.15, 0.2) is 0 Å². The molecule has 2 aliphatic carbocycles. The van der Waals surface area contributed by atoms with Gasteiger partial charge in [-0.2, -0.15) is 0 Å². The SMILES string of the molecule is CC1(C)c2ccccc2-c2cc3c4ccccc4n(-c4ccc5c(c4)C(c4ccccc4)(c4ccc(-c6cccc7c6sc6ccccc67)cc4)c4ccccc4-5)c3cc21. The van der Waals surface area contributed by atoms with E-state index in [-0.39, 0.29) is 5.41 Å². The number of rotatable bonds is 4. The lowest BCUT2D eigenvalue weighted by Crippen LogP contribution is -2.28. The molecule has 0 radical (unpaired) electrons. The van der Waals surface area contributed by atoms with E-state index in [4.69, 9.17) is 0 Å². The smallest absolute Gasteiger partial charge is 0.0714 e. The van der Waals surface area contributed by atoms with Crippen molar-refractivity contribution in [1.29, 1.82) is 0 Å². The van der Waals surface area contributed by atoms with Crippen LogP contribution in [-0.2, 0) is 10.8 Å². The summed E-state index contributed by atoms with van der Waals surface area (Å²) in [6.07, 6.45) is 0. The standard InChI is InChI=1S/C58H39NS/c1-57(2)49-23-10-6-18-42(49)47-34-48-44-19-8-12-25-53(44)59(54(48)35-51(47)57)39-31-32-43-41-17-7-11-24-50(41)58(52(43)33-39,37-15-4-3-5-16-37)38-29-27-36(28-30-38)40-21-14-22-46-45-20-9-13-26-55(45)60-56(40)46/h3-35H,1-2H3. The van der Waals surface area contributed by atoms with E-state index in [1.807, 2.05) is 11.3 Å². The van der Waals surface area contributed by atoms with Crippen molar-refractivity contribution in [2.75, 3.05) is 0 Å². The summed E-state index contributed by atoms with van der Waals surface area (Å²) in [5.41, 5.74) is 18.8. The Hall–Kier alpha value is -7.00. The Morgan fingerprint density at radius 1 is 0.383 bits per heavy atom. The van der Waals surface area contributed by atoms with E-state index in [9.17, 15) is 0 Å². The lowest BCUT2D eigenvalue weighted by molar-refractivity contribution is 0.661. The zero-order valence-corrected chi connectivity index (χ0v) is 34.2. The van der Waals surface area contributed by atoms with Gasteiger partial charge in [0.1, 0.15) is 0 Å². The summed E-state index contributed by atoms with van der Waals surface area (Å²) in [4.78, 5) is 0. The third-order valence-electron chi connectivity index (χ3n) is 13.9. The molecule has 0 saturated heterocycles. The molecule has 1 nitrogen and oxygen atoms in total. The van der Waals surface area contributed by atoms with Gasteiger partial charge in [0, 0.05) is 42.0 Å². The topological polar surface area (TPSA) is 4.93 Å². The Morgan fingerprint density at radius 2 is 1.02 bits per heavy atom. The number of fused-ring (bicyclic) bond motifs is 12. The monoisotopic (exact) mass is 781 g/mol. The average Bonchev–Trinajstić information content (AvgIpc) is 4.00. The number of benzene rings is 9. The van der Waals surface area contributed by atoms with Crippen LogP contribution in [0.5, 0.6) is 0 Å². The van der Waals surface area contributed by atoms with E-state index in [1.165, 1.54) is 114 Å². The highest BCUT2D eigenvalue weighted by molar-refractivity contribution is 7.26. The highest BCUT2D eigenvalue weighted by Gasteiger charge is 2.46. The first-order valence-corrected chi connectivity index (χ1v) is 21.8. The third kappa shape index (κ3) is 4.41. The Bertz CT molecular complexity index is 3560. The van der Waals surface area contributed by atoms with Crippen LogP contribution in [0, 0.1) is 0 Å². The Labute approximate surface area is 353 Å². The molecule has 11 aromatic rings. The molecule has 0 fully saturated rings. The lowest BCUT2D eigenvalue weighted by atomic mass is 9.67. The number of nitrogens with zero attached hydrogens (tertiary/aromatic N) is 1. The molecule has 2 heterocycles. The van der Waals surface area contributed by atoms with Gasteiger partial charge in [-0.15, -0.1) is 11.3 Å². The number of hydrogen-bond donors (Lipinski definition) is 0. The van der Waals surface area contributed by atoms with E-state index in [2.05, 4.69) is 219 Å². The van der Waals surface area contributed by atoms with Crippen LogP contribution in [0.4, 0.5) is 0 Å². The van der Waals surface area contributed by atoms with Crippen LogP contribution in [0.25, 0.3) is 81.0 Å². The second kappa shape index (κ2) is 12.3. The molecule has 282 valence electrons. The maximum absolute atomic E-state index is 2.53. The molecular formula is C58H39NS. The molecule has 9 aromatic carbocycles.